The molecule has 0 unspecified atom stereocenters. The third-order valence-electron chi connectivity index (χ3n) is 2.74. The summed E-state index contributed by atoms with van der Waals surface area (Å²) in [6.07, 6.45) is 0. The molecule has 1 heterocycles. The van der Waals surface area contributed by atoms with Crippen LogP contribution < -0.4 is 0 Å². The van der Waals surface area contributed by atoms with Gasteiger partial charge in [-0.25, -0.2) is 4.79 Å². The first-order valence-electron chi connectivity index (χ1n) is 5.26. The van der Waals surface area contributed by atoms with Crippen molar-refractivity contribution in [1.29, 1.82) is 0 Å². The Labute approximate surface area is 98.6 Å². The summed E-state index contributed by atoms with van der Waals surface area (Å²) in [7, 11) is 1.20. The molecule has 1 N–H and O–H groups in total. The maximum Gasteiger partial charge on any atom is 0.379 e. The van der Waals surface area contributed by atoms with E-state index < -0.39 is 11.8 Å². The topological polar surface area (TPSA) is 59.2 Å². The van der Waals surface area contributed by atoms with Gasteiger partial charge in [-0.05, 0) is 26.0 Å². The summed E-state index contributed by atoms with van der Waals surface area (Å²) in [5.74, 6) is -1.45. The van der Waals surface area contributed by atoms with Gasteiger partial charge in [0.1, 0.15) is 0 Å². The number of aromatic nitrogens is 1. The Kier molecular flexibility index (Phi) is 2.71. The number of rotatable bonds is 2. The van der Waals surface area contributed by atoms with Crippen LogP contribution in [0.2, 0.25) is 0 Å². The van der Waals surface area contributed by atoms with Gasteiger partial charge >= 0.3 is 5.97 Å². The van der Waals surface area contributed by atoms with Gasteiger partial charge in [-0.1, -0.05) is 11.6 Å². The molecule has 0 fully saturated rings. The van der Waals surface area contributed by atoms with Crippen LogP contribution in [0.1, 0.15) is 21.6 Å². The second-order valence-electron chi connectivity index (χ2n) is 3.99. The van der Waals surface area contributed by atoms with E-state index in [4.69, 9.17) is 0 Å². The highest BCUT2D eigenvalue weighted by atomic mass is 16.5. The zero-order valence-electron chi connectivity index (χ0n) is 9.96. The lowest BCUT2D eigenvalue weighted by atomic mass is 10.1. The predicted molar refractivity (Wildman–Crippen MR) is 64.1 cm³/mol. The van der Waals surface area contributed by atoms with Gasteiger partial charge in [0, 0.05) is 16.6 Å². The smallest absolute Gasteiger partial charge is 0.379 e. The number of hydrogen-bond acceptors (Lipinski definition) is 3. The number of nitrogens with one attached hydrogen (secondary N) is 1. The Bertz CT molecular complexity index is 610. The molecule has 0 saturated heterocycles. The summed E-state index contributed by atoms with van der Waals surface area (Å²) in [6.45, 7) is 3.71. The fraction of sp³-hybridized carbons (Fsp3) is 0.231. The number of Topliss-reactive ketones (excluding diaryl/α,β-unsaturated/α-hetero) is 1. The summed E-state index contributed by atoms with van der Waals surface area (Å²) < 4.78 is 4.47. The van der Waals surface area contributed by atoms with Crippen molar-refractivity contribution in [1.82, 2.24) is 4.98 Å². The molecule has 0 saturated carbocycles. The number of esters is 1. The predicted octanol–water partition coefficient (Wildman–Crippen LogP) is 2.14. The molecular formula is C13H13NO3. The molecule has 0 aliphatic carbocycles. The molecule has 0 atom stereocenters. The largest absolute Gasteiger partial charge is 0.463 e. The number of fused-ring (bicyclic) bond motifs is 1. The third kappa shape index (κ3) is 1.82. The van der Waals surface area contributed by atoms with E-state index >= 15 is 0 Å². The number of methoxy groups -OCH3 is 1. The highest BCUT2D eigenvalue weighted by molar-refractivity contribution is 6.43. The van der Waals surface area contributed by atoms with E-state index in [-0.39, 0.29) is 0 Å². The minimum Gasteiger partial charge on any atom is -0.463 e. The summed E-state index contributed by atoms with van der Waals surface area (Å²) in [4.78, 5) is 26.3. The average molecular weight is 231 g/mol. The Hall–Kier alpha value is -2.10. The van der Waals surface area contributed by atoms with Crippen LogP contribution in [-0.2, 0) is 9.53 Å². The minimum atomic E-state index is -0.837. The zero-order chi connectivity index (χ0) is 12.6. The highest BCUT2D eigenvalue weighted by Crippen LogP contribution is 2.23. The normalized spacial score (nSPS) is 10.5. The Morgan fingerprint density at radius 3 is 2.59 bits per heavy atom. The van der Waals surface area contributed by atoms with Crippen molar-refractivity contribution in [3.05, 3.63) is 35.0 Å². The van der Waals surface area contributed by atoms with Crippen LogP contribution in [0.3, 0.4) is 0 Å². The zero-order valence-corrected chi connectivity index (χ0v) is 9.96. The van der Waals surface area contributed by atoms with Gasteiger partial charge in [0.15, 0.2) is 0 Å². The maximum atomic E-state index is 11.9. The summed E-state index contributed by atoms with van der Waals surface area (Å²) in [6, 6.07) is 5.73. The molecule has 0 spiro atoms. The van der Waals surface area contributed by atoms with Crippen molar-refractivity contribution in [3.8, 4) is 0 Å². The van der Waals surface area contributed by atoms with Crippen LogP contribution in [0.15, 0.2) is 18.2 Å². The van der Waals surface area contributed by atoms with Crippen LogP contribution in [0.4, 0.5) is 0 Å². The molecule has 4 heteroatoms. The molecule has 1 aromatic heterocycles. The summed E-state index contributed by atoms with van der Waals surface area (Å²) in [5.41, 5.74) is 2.97. The number of carbonyl (C=O) groups excluding carboxylic acids is 2. The molecule has 1 aromatic carbocycles. The quantitative estimate of drug-likeness (QED) is 0.489. The van der Waals surface area contributed by atoms with Crippen LogP contribution in [-0.4, -0.2) is 23.8 Å². The van der Waals surface area contributed by atoms with Crippen molar-refractivity contribution < 1.29 is 14.3 Å². The Balaban J connectivity index is 2.67. The number of ether oxygens (including phenoxy) is 1. The van der Waals surface area contributed by atoms with Crippen molar-refractivity contribution in [2.45, 2.75) is 13.8 Å². The standard InChI is InChI=1S/C13H13NO3/c1-7-4-5-10-9(6-7)11(8(2)14-10)12(15)13(16)17-3/h4-6,14H,1-3H3. The molecule has 0 aliphatic heterocycles. The van der Waals surface area contributed by atoms with E-state index in [1.165, 1.54) is 7.11 Å². The molecule has 0 amide bonds. The average Bonchev–Trinajstić information content (AvgIpc) is 2.62. The SMILES string of the molecule is COC(=O)C(=O)c1c(C)[nH]c2ccc(C)cc12. The lowest BCUT2D eigenvalue weighted by Gasteiger charge is -1.99. The number of ketones is 1. The minimum absolute atomic E-state index is 0.399. The number of carbonyl (C=O) groups is 2. The van der Waals surface area contributed by atoms with Crippen LogP contribution in [0.5, 0.6) is 0 Å². The summed E-state index contributed by atoms with van der Waals surface area (Å²) >= 11 is 0. The Morgan fingerprint density at radius 1 is 1.24 bits per heavy atom. The molecule has 2 rings (SSSR count). The van der Waals surface area contributed by atoms with Crippen molar-refractivity contribution in [3.63, 3.8) is 0 Å². The van der Waals surface area contributed by atoms with Gasteiger partial charge in [-0.3, -0.25) is 4.79 Å². The van der Waals surface area contributed by atoms with Gasteiger partial charge in [0.05, 0.1) is 12.7 Å². The molecular weight excluding hydrogens is 218 g/mol. The number of benzene rings is 1. The third-order valence-corrected chi connectivity index (χ3v) is 2.74. The van der Waals surface area contributed by atoms with Crippen molar-refractivity contribution in [2.24, 2.45) is 0 Å². The van der Waals surface area contributed by atoms with Gasteiger partial charge in [-0.15, -0.1) is 0 Å². The first-order chi connectivity index (χ1) is 8.04. The second kappa shape index (κ2) is 4.05. The number of H-pyrrole nitrogens is 1. The summed E-state index contributed by atoms with van der Waals surface area (Å²) in [5, 5.41) is 0.762. The molecule has 17 heavy (non-hydrogen) atoms. The van der Waals surface area contributed by atoms with E-state index in [0.717, 1.165) is 16.5 Å². The van der Waals surface area contributed by atoms with E-state index in [2.05, 4.69) is 9.72 Å². The highest BCUT2D eigenvalue weighted by Gasteiger charge is 2.23. The first kappa shape index (κ1) is 11.4. The van der Waals surface area contributed by atoms with Crippen LogP contribution in [0.25, 0.3) is 10.9 Å². The van der Waals surface area contributed by atoms with E-state index in [9.17, 15) is 9.59 Å². The van der Waals surface area contributed by atoms with Gasteiger partial charge in [0.2, 0.25) is 0 Å². The Morgan fingerprint density at radius 2 is 1.94 bits per heavy atom. The maximum absolute atomic E-state index is 11.9. The monoisotopic (exact) mass is 231 g/mol. The van der Waals surface area contributed by atoms with Crippen LogP contribution >= 0.6 is 0 Å². The van der Waals surface area contributed by atoms with E-state index in [1.54, 1.807) is 6.92 Å². The molecule has 2 aromatic rings. The van der Waals surface area contributed by atoms with Crippen molar-refractivity contribution in [2.75, 3.05) is 7.11 Å². The van der Waals surface area contributed by atoms with Crippen LogP contribution in [0, 0.1) is 13.8 Å². The van der Waals surface area contributed by atoms with E-state index in [1.807, 2.05) is 25.1 Å². The number of hydrogen-bond donors (Lipinski definition) is 1. The molecule has 4 nitrogen and oxygen atoms in total. The fourth-order valence-electron chi connectivity index (χ4n) is 1.93. The van der Waals surface area contributed by atoms with Gasteiger partial charge in [-0.2, -0.15) is 0 Å². The molecule has 0 bridgehead atoms. The molecule has 0 radical (unpaired) electrons. The molecule has 88 valence electrons. The first-order valence-corrected chi connectivity index (χ1v) is 5.26. The van der Waals surface area contributed by atoms with Crippen molar-refractivity contribution >= 4 is 22.7 Å². The van der Waals surface area contributed by atoms with Gasteiger partial charge < -0.3 is 9.72 Å². The van der Waals surface area contributed by atoms with E-state index in [0.29, 0.717) is 11.3 Å². The number of aromatic amines is 1. The number of aryl methyl sites for hydroxylation is 2. The second-order valence-corrected chi connectivity index (χ2v) is 3.99. The van der Waals surface area contributed by atoms with Gasteiger partial charge in [0.25, 0.3) is 5.78 Å². The molecule has 0 aliphatic rings. The fourth-order valence-corrected chi connectivity index (χ4v) is 1.93. The lowest BCUT2D eigenvalue weighted by molar-refractivity contribution is -0.135. The lowest BCUT2D eigenvalue weighted by Crippen LogP contribution is -2.16.